The van der Waals surface area contributed by atoms with Gasteiger partial charge in [0.15, 0.2) is 0 Å². The predicted octanol–water partition coefficient (Wildman–Crippen LogP) is -0.568. The molecule has 1 atom stereocenters. The fraction of sp³-hybridized carbons (Fsp3) is 0.600. The Morgan fingerprint density at radius 3 is 3.19 bits per heavy atom. The number of imidazole rings is 1. The summed E-state index contributed by atoms with van der Waals surface area (Å²) in [5, 5.41) is 2.74. The van der Waals surface area contributed by atoms with E-state index in [0.717, 1.165) is 18.7 Å². The molecule has 0 saturated carbocycles. The highest BCUT2D eigenvalue weighted by Gasteiger charge is 2.11. The Labute approximate surface area is 94.6 Å². The second kappa shape index (κ2) is 6.97. The van der Waals surface area contributed by atoms with E-state index in [2.05, 4.69) is 15.3 Å². The van der Waals surface area contributed by atoms with Gasteiger partial charge < -0.3 is 20.8 Å². The molecule has 0 aliphatic rings. The minimum atomic E-state index is -0.589. The standard InChI is InChI=1S/C10H18N4O2/c1-16-7-8(11)10(15)14-4-2-3-9-12-5-6-13-9/h5-6,8H,2-4,7,11H2,1H3,(H,12,13)(H,14,15). The van der Waals surface area contributed by atoms with Gasteiger partial charge in [-0.3, -0.25) is 4.79 Å². The van der Waals surface area contributed by atoms with Gasteiger partial charge in [-0.05, 0) is 6.42 Å². The first-order valence-electron chi connectivity index (χ1n) is 5.24. The summed E-state index contributed by atoms with van der Waals surface area (Å²) in [5.41, 5.74) is 5.55. The van der Waals surface area contributed by atoms with Crippen LogP contribution in [-0.4, -0.2) is 42.2 Å². The van der Waals surface area contributed by atoms with Gasteiger partial charge >= 0.3 is 0 Å². The summed E-state index contributed by atoms with van der Waals surface area (Å²) in [6.45, 7) is 0.834. The van der Waals surface area contributed by atoms with Gasteiger partial charge in [-0.2, -0.15) is 0 Å². The number of carbonyl (C=O) groups is 1. The maximum absolute atomic E-state index is 11.4. The average Bonchev–Trinajstić information content (AvgIpc) is 2.77. The number of hydrogen-bond acceptors (Lipinski definition) is 4. The lowest BCUT2D eigenvalue weighted by molar-refractivity contribution is -0.123. The Morgan fingerprint density at radius 2 is 2.56 bits per heavy atom. The molecule has 1 amide bonds. The van der Waals surface area contributed by atoms with E-state index in [9.17, 15) is 4.79 Å². The molecule has 1 rings (SSSR count). The molecule has 0 saturated heterocycles. The van der Waals surface area contributed by atoms with Crippen LogP contribution in [0.25, 0.3) is 0 Å². The molecule has 6 heteroatoms. The summed E-state index contributed by atoms with van der Waals surface area (Å²) in [7, 11) is 1.52. The molecule has 0 aliphatic heterocycles. The normalized spacial score (nSPS) is 12.4. The number of ether oxygens (including phenoxy) is 1. The second-order valence-corrected chi connectivity index (χ2v) is 3.49. The average molecular weight is 226 g/mol. The molecule has 1 unspecified atom stereocenters. The number of methoxy groups -OCH3 is 1. The summed E-state index contributed by atoms with van der Waals surface area (Å²) in [6.07, 6.45) is 5.14. The molecular formula is C10H18N4O2. The summed E-state index contributed by atoms with van der Waals surface area (Å²) in [4.78, 5) is 18.4. The lowest BCUT2D eigenvalue weighted by Crippen LogP contribution is -2.43. The van der Waals surface area contributed by atoms with Crippen molar-refractivity contribution >= 4 is 5.91 Å². The first-order chi connectivity index (χ1) is 7.74. The number of rotatable bonds is 7. The Hall–Kier alpha value is -1.40. The van der Waals surface area contributed by atoms with Crippen LogP contribution in [-0.2, 0) is 16.0 Å². The number of hydrogen-bond donors (Lipinski definition) is 3. The largest absolute Gasteiger partial charge is 0.383 e. The number of H-pyrrole nitrogens is 1. The zero-order chi connectivity index (χ0) is 11.8. The Morgan fingerprint density at radius 1 is 1.75 bits per heavy atom. The molecule has 0 bridgehead atoms. The highest BCUT2D eigenvalue weighted by Crippen LogP contribution is 1.93. The van der Waals surface area contributed by atoms with E-state index in [1.807, 2.05) is 0 Å². The predicted molar refractivity (Wildman–Crippen MR) is 59.8 cm³/mol. The van der Waals surface area contributed by atoms with E-state index in [0.29, 0.717) is 6.54 Å². The fourth-order valence-electron chi connectivity index (χ4n) is 1.29. The molecule has 4 N–H and O–H groups in total. The monoisotopic (exact) mass is 226 g/mol. The van der Waals surface area contributed by atoms with Gasteiger partial charge in [0, 0.05) is 32.5 Å². The molecule has 6 nitrogen and oxygen atoms in total. The molecule has 0 aliphatic carbocycles. The van der Waals surface area contributed by atoms with Crippen molar-refractivity contribution in [1.29, 1.82) is 0 Å². The number of nitrogens with one attached hydrogen (secondary N) is 2. The number of carbonyl (C=O) groups excluding carboxylic acids is 1. The SMILES string of the molecule is COCC(N)C(=O)NCCCc1ncc[nH]1. The van der Waals surface area contributed by atoms with Crippen LogP contribution in [0.1, 0.15) is 12.2 Å². The number of nitrogens with two attached hydrogens (primary N) is 1. The van der Waals surface area contributed by atoms with Gasteiger partial charge in [0.05, 0.1) is 6.61 Å². The van der Waals surface area contributed by atoms with Crippen molar-refractivity contribution < 1.29 is 9.53 Å². The van der Waals surface area contributed by atoms with Crippen LogP contribution in [0.4, 0.5) is 0 Å². The van der Waals surface area contributed by atoms with E-state index in [-0.39, 0.29) is 12.5 Å². The van der Waals surface area contributed by atoms with Crippen molar-refractivity contribution in [2.45, 2.75) is 18.9 Å². The summed E-state index contributed by atoms with van der Waals surface area (Å²) >= 11 is 0. The zero-order valence-electron chi connectivity index (χ0n) is 9.40. The number of amides is 1. The zero-order valence-corrected chi connectivity index (χ0v) is 9.40. The molecule has 1 aromatic rings. The maximum Gasteiger partial charge on any atom is 0.239 e. The number of aromatic amines is 1. The topological polar surface area (TPSA) is 93.0 Å². The van der Waals surface area contributed by atoms with Crippen LogP contribution in [0.3, 0.4) is 0 Å². The van der Waals surface area contributed by atoms with Gasteiger partial charge in [-0.1, -0.05) is 0 Å². The smallest absolute Gasteiger partial charge is 0.239 e. The molecular weight excluding hydrogens is 208 g/mol. The van der Waals surface area contributed by atoms with E-state index in [1.165, 1.54) is 7.11 Å². The van der Waals surface area contributed by atoms with Crippen molar-refractivity contribution in [3.05, 3.63) is 18.2 Å². The van der Waals surface area contributed by atoms with Crippen molar-refractivity contribution in [1.82, 2.24) is 15.3 Å². The van der Waals surface area contributed by atoms with Crippen molar-refractivity contribution in [3.63, 3.8) is 0 Å². The van der Waals surface area contributed by atoms with Gasteiger partial charge in [-0.25, -0.2) is 4.98 Å². The Kier molecular flexibility index (Phi) is 5.52. The van der Waals surface area contributed by atoms with Crippen LogP contribution >= 0.6 is 0 Å². The molecule has 90 valence electrons. The Balaban J connectivity index is 2.08. The molecule has 0 aromatic carbocycles. The van der Waals surface area contributed by atoms with Crippen LogP contribution < -0.4 is 11.1 Å². The van der Waals surface area contributed by atoms with Gasteiger partial charge in [0.1, 0.15) is 11.9 Å². The van der Waals surface area contributed by atoms with Gasteiger partial charge in [0.25, 0.3) is 0 Å². The van der Waals surface area contributed by atoms with Crippen LogP contribution in [0.5, 0.6) is 0 Å². The summed E-state index contributed by atoms with van der Waals surface area (Å²) in [6, 6.07) is -0.589. The summed E-state index contributed by atoms with van der Waals surface area (Å²) < 4.78 is 4.79. The third-order valence-electron chi connectivity index (χ3n) is 2.13. The Bertz CT molecular complexity index is 300. The highest BCUT2D eigenvalue weighted by atomic mass is 16.5. The highest BCUT2D eigenvalue weighted by molar-refractivity contribution is 5.81. The van der Waals surface area contributed by atoms with E-state index < -0.39 is 6.04 Å². The minimum Gasteiger partial charge on any atom is -0.383 e. The van der Waals surface area contributed by atoms with Crippen molar-refractivity contribution in [2.24, 2.45) is 5.73 Å². The third-order valence-corrected chi connectivity index (χ3v) is 2.13. The third kappa shape index (κ3) is 4.41. The first-order valence-corrected chi connectivity index (χ1v) is 5.24. The molecule has 16 heavy (non-hydrogen) atoms. The van der Waals surface area contributed by atoms with Gasteiger partial charge in [-0.15, -0.1) is 0 Å². The number of aryl methyl sites for hydroxylation is 1. The molecule has 1 aromatic heterocycles. The first kappa shape index (κ1) is 12.7. The number of nitrogens with zero attached hydrogens (tertiary/aromatic N) is 1. The minimum absolute atomic E-state index is 0.179. The van der Waals surface area contributed by atoms with Gasteiger partial charge in [0.2, 0.25) is 5.91 Å². The quantitative estimate of drug-likeness (QED) is 0.543. The molecule has 1 heterocycles. The van der Waals surface area contributed by atoms with Crippen LogP contribution in [0.2, 0.25) is 0 Å². The van der Waals surface area contributed by atoms with Crippen molar-refractivity contribution in [3.8, 4) is 0 Å². The fourth-order valence-corrected chi connectivity index (χ4v) is 1.29. The van der Waals surface area contributed by atoms with Crippen molar-refractivity contribution in [2.75, 3.05) is 20.3 Å². The summed E-state index contributed by atoms with van der Waals surface area (Å²) in [5.74, 6) is 0.747. The molecule has 0 spiro atoms. The van der Waals surface area contributed by atoms with E-state index in [4.69, 9.17) is 10.5 Å². The maximum atomic E-state index is 11.4. The lowest BCUT2D eigenvalue weighted by atomic mass is 10.2. The van der Waals surface area contributed by atoms with Crippen LogP contribution in [0.15, 0.2) is 12.4 Å². The van der Waals surface area contributed by atoms with Crippen LogP contribution in [0, 0.1) is 0 Å². The second-order valence-electron chi connectivity index (χ2n) is 3.49. The molecule has 0 fully saturated rings. The molecule has 0 radical (unpaired) electrons. The number of aromatic nitrogens is 2. The van der Waals surface area contributed by atoms with E-state index >= 15 is 0 Å². The lowest BCUT2D eigenvalue weighted by Gasteiger charge is -2.10. The van der Waals surface area contributed by atoms with E-state index in [1.54, 1.807) is 12.4 Å².